The van der Waals surface area contributed by atoms with Gasteiger partial charge in [-0.05, 0) is 19.1 Å². The van der Waals surface area contributed by atoms with Crippen LogP contribution in [0.5, 0.6) is 0 Å². The van der Waals surface area contributed by atoms with Crippen LogP contribution < -0.4 is 4.90 Å². The number of anilines is 1. The van der Waals surface area contributed by atoms with E-state index in [9.17, 15) is 9.59 Å². The second-order valence-electron chi connectivity index (χ2n) is 7.10. The standard InChI is InChI=1S/C19H19ClN2O4/c1-11-15(20)16(23)22(14-10-13(26-21-14)19(2,3)4)17(11)25-18(24)12-8-6-5-7-9-12/h5-10,17H,1-4H3. The van der Waals surface area contributed by atoms with Gasteiger partial charge in [-0.15, -0.1) is 0 Å². The number of rotatable bonds is 3. The number of hydrogen-bond acceptors (Lipinski definition) is 5. The van der Waals surface area contributed by atoms with Crippen LogP contribution in [0, 0.1) is 0 Å². The van der Waals surface area contributed by atoms with Crippen LogP contribution in [0.1, 0.15) is 43.8 Å². The molecule has 2 heterocycles. The Balaban J connectivity index is 1.92. The largest absolute Gasteiger partial charge is 0.433 e. The summed E-state index contributed by atoms with van der Waals surface area (Å²) in [4.78, 5) is 26.2. The number of amides is 1. The van der Waals surface area contributed by atoms with Crippen LogP contribution in [0.2, 0.25) is 0 Å². The monoisotopic (exact) mass is 374 g/mol. The molecule has 0 N–H and O–H groups in total. The summed E-state index contributed by atoms with van der Waals surface area (Å²) in [5, 5.41) is 3.98. The second-order valence-corrected chi connectivity index (χ2v) is 7.47. The Morgan fingerprint density at radius 2 is 1.92 bits per heavy atom. The summed E-state index contributed by atoms with van der Waals surface area (Å²) in [6, 6.07) is 10.2. The first kappa shape index (κ1) is 18.2. The molecule has 0 saturated heterocycles. The zero-order valence-electron chi connectivity index (χ0n) is 14.9. The Bertz CT molecular complexity index is 880. The van der Waals surface area contributed by atoms with Crippen molar-refractivity contribution in [2.45, 2.75) is 39.3 Å². The van der Waals surface area contributed by atoms with Gasteiger partial charge in [-0.1, -0.05) is 55.7 Å². The van der Waals surface area contributed by atoms with Gasteiger partial charge in [-0.3, -0.25) is 4.79 Å². The Morgan fingerprint density at radius 3 is 2.50 bits per heavy atom. The average Bonchev–Trinajstić information content (AvgIpc) is 3.16. The topological polar surface area (TPSA) is 72.6 Å². The van der Waals surface area contributed by atoms with Gasteiger partial charge < -0.3 is 9.26 Å². The minimum absolute atomic E-state index is 0.0103. The molecule has 26 heavy (non-hydrogen) atoms. The molecule has 0 aliphatic carbocycles. The van der Waals surface area contributed by atoms with Gasteiger partial charge in [0.1, 0.15) is 10.8 Å². The van der Waals surface area contributed by atoms with Crippen LogP contribution in [0.3, 0.4) is 0 Å². The van der Waals surface area contributed by atoms with Crippen molar-refractivity contribution in [3.05, 3.63) is 58.3 Å². The third kappa shape index (κ3) is 3.24. The minimum Gasteiger partial charge on any atom is -0.433 e. The molecule has 1 aliphatic heterocycles. The molecule has 1 atom stereocenters. The zero-order valence-corrected chi connectivity index (χ0v) is 15.7. The van der Waals surface area contributed by atoms with Crippen LogP contribution in [0.15, 0.2) is 51.5 Å². The van der Waals surface area contributed by atoms with E-state index in [4.69, 9.17) is 20.9 Å². The maximum Gasteiger partial charge on any atom is 0.340 e. The van der Waals surface area contributed by atoms with Crippen molar-refractivity contribution >= 4 is 29.3 Å². The highest BCUT2D eigenvalue weighted by atomic mass is 35.5. The highest BCUT2D eigenvalue weighted by Crippen LogP contribution is 2.35. The molecular formula is C19H19ClN2O4. The van der Waals surface area contributed by atoms with E-state index in [0.29, 0.717) is 16.9 Å². The van der Waals surface area contributed by atoms with Crippen molar-refractivity contribution in [2.24, 2.45) is 0 Å². The summed E-state index contributed by atoms with van der Waals surface area (Å²) >= 11 is 6.12. The van der Waals surface area contributed by atoms with Gasteiger partial charge in [0.2, 0.25) is 6.23 Å². The highest BCUT2D eigenvalue weighted by molar-refractivity contribution is 6.45. The number of carbonyl (C=O) groups is 2. The summed E-state index contributed by atoms with van der Waals surface area (Å²) < 4.78 is 10.9. The van der Waals surface area contributed by atoms with Crippen molar-refractivity contribution in [1.82, 2.24) is 5.16 Å². The number of carbonyl (C=O) groups excluding carboxylic acids is 2. The number of nitrogens with zero attached hydrogens (tertiary/aromatic N) is 2. The lowest BCUT2D eigenvalue weighted by Gasteiger charge is -2.23. The lowest BCUT2D eigenvalue weighted by Crippen LogP contribution is -2.39. The molecule has 0 saturated carbocycles. The summed E-state index contributed by atoms with van der Waals surface area (Å²) in [5.41, 5.74) is 0.545. The first-order chi connectivity index (χ1) is 12.2. The normalized spacial score (nSPS) is 17.8. The quantitative estimate of drug-likeness (QED) is 0.759. The predicted molar refractivity (Wildman–Crippen MR) is 96.9 cm³/mol. The van der Waals surface area contributed by atoms with E-state index < -0.39 is 18.1 Å². The number of hydrogen-bond donors (Lipinski definition) is 0. The Kier molecular flexibility index (Phi) is 4.63. The molecule has 1 amide bonds. The van der Waals surface area contributed by atoms with Gasteiger partial charge in [0.05, 0.1) is 5.56 Å². The van der Waals surface area contributed by atoms with Crippen molar-refractivity contribution in [3.63, 3.8) is 0 Å². The van der Waals surface area contributed by atoms with Gasteiger partial charge in [-0.2, -0.15) is 0 Å². The lowest BCUT2D eigenvalue weighted by atomic mass is 9.93. The van der Waals surface area contributed by atoms with E-state index in [1.165, 1.54) is 4.90 Å². The first-order valence-corrected chi connectivity index (χ1v) is 8.51. The van der Waals surface area contributed by atoms with Gasteiger partial charge in [0.15, 0.2) is 5.82 Å². The Hall–Kier alpha value is -2.60. The minimum atomic E-state index is -0.972. The number of benzene rings is 1. The van der Waals surface area contributed by atoms with Crippen molar-refractivity contribution in [1.29, 1.82) is 0 Å². The van der Waals surface area contributed by atoms with Crippen LogP contribution in [-0.2, 0) is 14.9 Å². The van der Waals surface area contributed by atoms with Crippen molar-refractivity contribution < 1.29 is 18.8 Å². The second kappa shape index (κ2) is 6.61. The SMILES string of the molecule is CC1=C(Cl)C(=O)N(c2cc(C(C)(C)C)on2)C1OC(=O)c1ccccc1. The van der Waals surface area contributed by atoms with E-state index in [1.807, 2.05) is 20.8 Å². The summed E-state index contributed by atoms with van der Waals surface area (Å²) in [6.45, 7) is 7.54. The van der Waals surface area contributed by atoms with Gasteiger partial charge in [0, 0.05) is 17.1 Å². The first-order valence-electron chi connectivity index (χ1n) is 8.13. The fraction of sp³-hybridized carbons (Fsp3) is 0.316. The van der Waals surface area contributed by atoms with Gasteiger partial charge >= 0.3 is 5.97 Å². The molecule has 0 fully saturated rings. The molecule has 2 aromatic rings. The number of esters is 1. The summed E-state index contributed by atoms with van der Waals surface area (Å²) in [7, 11) is 0. The van der Waals surface area contributed by atoms with Crippen molar-refractivity contribution in [2.75, 3.05) is 4.90 Å². The lowest BCUT2D eigenvalue weighted by molar-refractivity contribution is -0.115. The van der Waals surface area contributed by atoms with Crippen LogP contribution in [-0.4, -0.2) is 23.3 Å². The van der Waals surface area contributed by atoms with E-state index in [1.54, 1.807) is 43.3 Å². The maximum absolute atomic E-state index is 12.6. The molecule has 1 aromatic carbocycles. The van der Waals surface area contributed by atoms with Gasteiger partial charge in [0.25, 0.3) is 5.91 Å². The summed E-state index contributed by atoms with van der Waals surface area (Å²) in [6.07, 6.45) is -0.972. The molecule has 1 aliphatic rings. The van der Waals surface area contributed by atoms with Crippen LogP contribution in [0.25, 0.3) is 0 Å². The highest BCUT2D eigenvalue weighted by Gasteiger charge is 2.42. The average molecular weight is 375 g/mol. The van der Waals surface area contributed by atoms with Crippen molar-refractivity contribution in [3.8, 4) is 0 Å². The van der Waals surface area contributed by atoms with Gasteiger partial charge in [-0.25, -0.2) is 9.69 Å². The van der Waals surface area contributed by atoms with E-state index in [2.05, 4.69) is 5.16 Å². The molecule has 1 unspecified atom stereocenters. The third-order valence-corrected chi connectivity index (χ3v) is 4.53. The molecule has 1 aromatic heterocycles. The molecule has 6 nitrogen and oxygen atoms in total. The zero-order chi connectivity index (χ0) is 19.1. The molecule has 0 bridgehead atoms. The molecule has 3 rings (SSSR count). The molecule has 136 valence electrons. The predicted octanol–water partition coefficient (Wildman–Crippen LogP) is 4.01. The number of aromatic nitrogens is 1. The molecular weight excluding hydrogens is 356 g/mol. The van der Waals surface area contributed by atoms with Crippen LogP contribution in [0.4, 0.5) is 5.82 Å². The molecule has 7 heteroatoms. The molecule has 0 radical (unpaired) electrons. The number of halogens is 1. The smallest absolute Gasteiger partial charge is 0.340 e. The van der Waals surface area contributed by atoms with Crippen LogP contribution >= 0.6 is 11.6 Å². The fourth-order valence-corrected chi connectivity index (χ4v) is 2.71. The Morgan fingerprint density at radius 1 is 1.27 bits per heavy atom. The summed E-state index contributed by atoms with van der Waals surface area (Å²) in [5.74, 6) is -0.183. The fourth-order valence-electron chi connectivity index (χ4n) is 2.52. The number of ether oxygens (including phenoxy) is 1. The maximum atomic E-state index is 12.6. The molecule has 0 spiro atoms. The Labute approximate surface area is 156 Å². The van der Waals surface area contributed by atoms with E-state index in [-0.39, 0.29) is 16.3 Å². The third-order valence-electron chi connectivity index (χ3n) is 4.07. The van der Waals surface area contributed by atoms with E-state index in [0.717, 1.165) is 0 Å². The van der Waals surface area contributed by atoms with E-state index >= 15 is 0 Å².